The Kier molecular flexibility index (Phi) is 4.77. The van der Waals surface area contributed by atoms with Crippen LogP contribution in [0.25, 0.3) is 0 Å². The average Bonchev–Trinajstić information content (AvgIpc) is 2.98. The van der Waals surface area contributed by atoms with Gasteiger partial charge in [-0.25, -0.2) is 4.79 Å². The van der Waals surface area contributed by atoms with Gasteiger partial charge in [0.2, 0.25) is 5.91 Å². The van der Waals surface area contributed by atoms with Crippen molar-refractivity contribution in [3.05, 3.63) is 21.4 Å². The summed E-state index contributed by atoms with van der Waals surface area (Å²) in [5.74, 6) is -1.23. The van der Waals surface area contributed by atoms with Gasteiger partial charge in [-0.15, -0.1) is 11.3 Å². The van der Waals surface area contributed by atoms with Crippen molar-refractivity contribution in [2.45, 2.75) is 45.2 Å². The van der Waals surface area contributed by atoms with Crippen LogP contribution in [0.1, 0.15) is 45.8 Å². The number of aromatic carboxylic acids is 1. The molecule has 3 N–H and O–H groups in total. The molecule has 110 valence electrons. The molecule has 0 aromatic carbocycles. The number of carboxylic acids is 1. The van der Waals surface area contributed by atoms with Crippen LogP contribution in [-0.4, -0.2) is 34.5 Å². The Labute approximate surface area is 122 Å². The number of rotatable bonds is 6. The Morgan fingerprint density at radius 1 is 1.45 bits per heavy atom. The molecule has 0 unspecified atom stereocenters. The van der Waals surface area contributed by atoms with Crippen molar-refractivity contribution in [1.29, 1.82) is 0 Å². The summed E-state index contributed by atoms with van der Waals surface area (Å²) in [6.07, 6.45) is 4.54. The van der Waals surface area contributed by atoms with Gasteiger partial charge in [-0.05, 0) is 31.4 Å². The van der Waals surface area contributed by atoms with Crippen molar-refractivity contribution in [2.75, 3.05) is 6.54 Å². The van der Waals surface area contributed by atoms with Gasteiger partial charge in [0.15, 0.2) is 0 Å². The fourth-order valence-electron chi connectivity index (χ4n) is 2.78. The number of carbonyl (C=O) groups is 2. The van der Waals surface area contributed by atoms with Crippen LogP contribution in [0.5, 0.6) is 0 Å². The van der Waals surface area contributed by atoms with Gasteiger partial charge >= 0.3 is 5.97 Å². The molecule has 20 heavy (non-hydrogen) atoms. The topological polar surface area (TPSA) is 83.6 Å². The zero-order valence-corrected chi connectivity index (χ0v) is 12.4. The number of hydrogen-bond donors (Lipinski definition) is 2. The number of hydrogen-bond acceptors (Lipinski definition) is 4. The molecule has 1 heterocycles. The third kappa shape index (κ3) is 3.58. The van der Waals surface area contributed by atoms with Gasteiger partial charge < -0.3 is 10.8 Å². The highest BCUT2D eigenvalue weighted by Crippen LogP contribution is 2.28. The monoisotopic (exact) mass is 296 g/mol. The number of thiophene rings is 1. The third-order valence-corrected chi connectivity index (χ3v) is 4.89. The molecule has 2 rings (SSSR count). The van der Waals surface area contributed by atoms with Gasteiger partial charge in [-0.3, -0.25) is 9.69 Å². The van der Waals surface area contributed by atoms with E-state index in [1.807, 2.05) is 6.92 Å². The Hall–Kier alpha value is -1.40. The summed E-state index contributed by atoms with van der Waals surface area (Å²) in [6.45, 7) is 2.76. The Balaban J connectivity index is 2.13. The summed E-state index contributed by atoms with van der Waals surface area (Å²) in [5.41, 5.74) is 6.32. The Morgan fingerprint density at radius 3 is 2.60 bits per heavy atom. The van der Waals surface area contributed by atoms with Crippen LogP contribution >= 0.6 is 11.3 Å². The van der Waals surface area contributed by atoms with Gasteiger partial charge in [0.1, 0.15) is 4.88 Å². The van der Waals surface area contributed by atoms with E-state index in [2.05, 4.69) is 4.90 Å². The maximum atomic E-state index is 11.2. The quantitative estimate of drug-likeness (QED) is 0.841. The normalized spacial score (nSPS) is 15.9. The second-order valence-corrected chi connectivity index (χ2v) is 6.56. The summed E-state index contributed by atoms with van der Waals surface area (Å²) in [4.78, 5) is 25.7. The highest BCUT2D eigenvalue weighted by atomic mass is 32.1. The highest BCUT2D eigenvalue weighted by Gasteiger charge is 2.25. The number of amides is 1. The molecule has 1 saturated carbocycles. The van der Waals surface area contributed by atoms with Crippen molar-refractivity contribution in [2.24, 2.45) is 5.73 Å². The van der Waals surface area contributed by atoms with E-state index in [4.69, 9.17) is 10.8 Å². The number of nitrogens with two attached hydrogens (primary N) is 1. The third-order valence-electron chi connectivity index (χ3n) is 3.80. The molecule has 1 amide bonds. The lowest BCUT2D eigenvalue weighted by Gasteiger charge is -2.27. The Bertz CT molecular complexity index is 507. The lowest BCUT2D eigenvalue weighted by molar-refractivity contribution is -0.119. The minimum atomic E-state index is -0.897. The van der Waals surface area contributed by atoms with E-state index in [-0.39, 0.29) is 12.5 Å². The zero-order valence-electron chi connectivity index (χ0n) is 11.6. The first-order chi connectivity index (χ1) is 9.47. The molecule has 6 heteroatoms. The zero-order chi connectivity index (χ0) is 14.7. The molecule has 0 bridgehead atoms. The second kappa shape index (κ2) is 6.37. The maximum absolute atomic E-state index is 11.2. The van der Waals surface area contributed by atoms with Crippen molar-refractivity contribution < 1.29 is 14.7 Å². The van der Waals surface area contributed by atoms with Gasteiger partial charge in [0.25, 0.3) is 0 Å². The van der Waals surface area contributed by atoms with E-state index in [1.165, 1.54) is 24.2 Å². The van der Waals surface area contributed by atoms with Gasteiger partial charge in [0, 0.05) is 17.5 Å². The van der Waals surface area contributed by atoms with E-state index >= 15 is 0 Å². The summed E-state index contributed by atoms with van der Waals surface area (Å²) in [7, 11) is 0. The first-order valence-corrected chi connectivity index (χ1v) is 7.64. The van der Waals surface area contributed by atoms with Crippen LogP contribution in [0.15, 0.2) is 6.07 Å². The first kappa shape index (κ1) is 15.0. The Morgan fingerprint density at radius 2 is 2.10 bits per heavy atom. The molecular formula is C14H20N2O3S. The molecule has 1 aliphatic carbocycles. The van der Waals surface area contributed by atoms with Crippen LogP contribution < -0.4 is 5.73 Å². The predicted octanol–water partition coefficient (Wildman–Crippen LogP) is 1.98. The van der Waals surface area contributed by atoms with Crippen molar-refractivity contribution in [3.8, 4) is 0 Å². The lowest BCUT2D eigenvalue weighted by atomic mass is 10.1. The number of nitrogens with zero attached hydrogens (tertiary/aromatic N) is 1. The fraction of sp³-hybridized carbons (Fsp3) is 0.571. The number of primary amides is 1. The SMILES string of the molecule is Cc1sc(C(=O)O)cc1CN(CC(N)=O)C1CCCC1. The van der Waals surface area contributed by atoms with Crippen molar-refractivity contribution in [1.82, 2.24) is 4.90 Å². The van der Waals surface area contributed by atoms with E-state index in [1.54, 1.807) is 6.07 Å². The van der Waals surface area contributed by atoms with Gasteiger partial charge in [-0.2, -0.15) is 0 Å². The summed E-state index contributed by atoms with van der Waals surface area (Å²) in [5, 5.41) is 9.04. The summed E-state index contributed by atoms with van der Waals surface area (Å²) >= 11 is 1.28. The number of carboxylic acid groups (broad SMARTS) is 1. The van der Waals surface area contributed by atoms with E-state index in [0.29, 0.717) is 17.5 Å². The molecule has 0 radical (unpaired) electrons. The van der Waals surface area contributed by atoms with E-state index in [9.17, 15) is 9.59 Å². The molecule has 1 fully saturated rings. The molecule has 0 saturated heterocycles. The van der Waals surface area contributed by atoms with Gasteiger partial charge in [0.05, 0.1) is 6.54 Å². The first-order valence-electron chi connectivity index (χ1n) is 6.82. The standard InChI is InChI=1S/C14H20N2O3S/c1-9-10(6-12(20-9)14(18)19)7-16(8-13(15)17)11-4-2-3-5-11/h6,11H,2-5,7-8H2,1H3,(H2,15,17)(H,18,19). The number of carbonyl (C=O) groups excluding carboxylic acids is 1. The maximum Gasteiger partial charge on any atom is 0.345 e. The highest BCUT2D eigenvalue weighted by molar-refractivity contribution is 7.14. The van der Waals surface area contributed by atoms with Crippen molar-refractivity contribution in [3.63, 3.8) is 0 Å². The minimum Gasteiger partial charge on any atom is -0.477 e. The molecule has 1 aromatic rings. The predicted molar refractivity (Wildman–Crippen MR) is 77.9 cm³/mol. The average molecular weight is 296 g/mol. The van der Waals surface area contributed by atoms with Crippen LogP contribution in [0.2, 0.25) is 0 Å². The number of aryl methyl sites for hydroxylation is 1. The molecule has 1 aromatic heterocycles. The smallest absolute Gasteiger partial charge is 0.345 e. The molecular weight excluding hydrogens is 276 g/mol. The van der Waals surface area contributed by atoms with E-state index in [0.717, 1.165) is 23.3 Å². The lowest BCUT2D eigenvalue weighted by Crippen LogP contribution is -2.39. The second-order valence-electron chi connectivity index (χ2n) is 5.31. The molecule has 0 atom stereocenters. The minimum absolute atomic E-state index is 0.238. The van der Waals surface area contributed by atoms with Crippen molar-refractivity contribution >= 4 is 23.2 Å². The summed E-state index contributed by atoms with van der Waals surface area (Å²) < 4.78 is 0. The molecule has 5 nitrogen and oxygen atoms in total. The van der Waals surface area contributed by atoms with Crippen LogP contribution in [-0.2, 0) is 11.3 Å². The fourth-order valence-corrected chi connectivity index (χ4v) is 3.66. The summed E-state index contributed by atoms with van der Waals surface area (Å²) in [6, 6.07) is 2.10. The van der Waals surface area contributed by atoms with E-state index < -0.39 is 5.97 Å². The molecule has 0 aliphatic heterocycles. The molecule has 1 aliphatic rings. The van der Waals surface area contributed by atoms with Gasteiger partial charge in [-0.1, -0.05) is 12.8 Å². The molecule has 0 spiro atoms. The van der Waals surface area contributed by atoms with Crippen LogP contribution in [0.3, 0.4) is 0 Å². The van der Waals surface area contributed by atoms with Crippen LogP contribution in [0.4, 0.5) is 0 Å². The van der Waals surface area contributed by atoms with Crippen LogP contribution in [0, 0.1) is 6.92 Å². The largest absolute Gasteiger partial charge is 0.477 e.